The molecule has 0 unspecified atom stereocenters. The summed E-state index contributed by atoms with van der Waals surface area (Å²) in [4.78, 5) is 2.06. The number of anilines is 1. The topological polar surface area (TPSA) is 44.9 Å². The highest BCUT2D eigenvalue weighted by Gasteiger charge is 2.06. The Labute approximate surface area is 111 Å². The van der Waals surface area contributed by atoms with E-state index in [4.69, 9.17) is 16.9 Å². The zero-order valence-corrected chi connectivity index (χ0v) is 11.0. The lowest BCUT2D eigenvalue weighted by Gasteiger charge is -2.18. The van der Waals surface area contributed by atoms with Crippen LogP contribution in [0.15, 0.2) is 30.6 Å². The Kier molecular flexibility index (Phi) is 3.54. The van der Waals surface area contributed by atoms with E-state index in [9.17, 15) is 0 Å². The van der Waals surface area contributed by atoms with Crippen molar-refractivity contribution in [1.82, 2.24) is 9.78 Å². The standard InChI is InChI=1S/C13H13ClN4/c1-17(8-10-7-16-18(2)9-10)12-4-3-11(6-15)13(14)5-12/h3-5,7,9H,8H2,1-2H3. The maximum absolute atomic E-state index is 8.83. The molecule has 0 aliphatic rings. The number of nitriles is 1. The van der Waals surface area contributed by atoms with Gasteiger partial charge in [0.05, 0.1) is 16.8 Å². The van der Waals surface area contributed by atoms with Crippen molar-refractivity contribution in [3.63, 3.8) is 0 Å². The van der Waals surface area contributed by atoms with Gasteiger partial charge in [0, 0.05) is 38.1 Å². The van der Waals surface area contributed by atoms with E-state index in [0.29, 0.717) is 10.6 Å². The molecular formula is C13H13ClN4. The summed E-state index contributed by atoms with van der Waals surface area (Å²) in [6.07, 6.45) is 3.81. The maximum Gasteiger partial charge on any atom is 0.101 e. The first-order chi connectivity index (χ1) is 8.60. The molecule has 18 heavy (non-hydrogen) atoms. The quantitative estimate of drug-likeness (QED) is 0.852. The van der Waals surface area contributed by atoms with Crippen LogP contribution in [0, 0.1) is 11.3 Å². The normalized spacial score (nSPS) is 10.1. The molecule has 0 bridgehead atoms. The predicted molar refractivity (Wildman–Crippen MR) is 71.5 cm³/mol. The lowest BCUT2D eigenvalue weighted by atomic mass is 10.2. The van der Waals surface area contributed by atoms with Crippen LogP contribution in [0.5, 0.6) is 0 Å². The first kappa shape index (κ1) is 12.5. The van der Waals surface area contributed by atoms with Gasteiger partial charge in [-0.3, -0.25) is 4.68 Å². The second-order valence-corrected chi connectivity index (χ2v) is 4.56. The van der Waals surface area contributed by atoms with Crippen LogP contribution >= 0.6 is 11.6 Å². The molecule has 0 atom stereocenters. The number of halogens is 1. The largest absolute Gasteiger partial charge is 0.370 e. The van der Waals surface area contributed by atoms with Crippen LogP contribution in [0.3, 0.4) is 0 Å². The Morgan fingerprint density at radius 2 is 2.28 bits per heavy atom. The van der Waals surface area contributed by atoms with Gasteiger partial charge in [-0.15, -0.1) is 0 Å². The average molecular weight is 261 g/mol. The van der Waals surface area contributed by atoms with Gasteiger partial charge < -0.3 is 4.90 Å². The predicted octanol–water partition coefficient (Wildman–Crippen LogP) is 2.58. The Bertz CT molecular complexity index is 597. The fraction of sp³-hybridized carbons (Fsp3) is 0.231. The van der Waals surface area contributed by atoms with E-state index in [-0.39, 0.29) is 0 Å². The molecule has 0 aliphatic carbocycles. The Balaban J connectivity index is 2.16. The minimum absolute atomic E-state index is 0.480. The van der Waals surface area contributed by atoms with Crippen molar-refractivity contribution in [2.24, 2.45) is 7.05 Å². The highest BCUT2D eigenvalue weighted by atomic mass is 35.5. The van der Waals surface area contributed by atoms with E-state index >= 15 is 0 Å². The van der Waals surface area contributed by atoms with Crippen LogP contribution in [-0.2, 0) is 13.6 Å². The van der Waals surface area contributed by atoms with Crippen LogP contribution in [-0.4, -0.2) is 16.8 Å². The van der Waals surface area contributed by atoms with E-state index < -0.39 is 0 Å². The molecule has 1 heterocycles. The van der Waals surface area contributed by atoms with Gasteiger partial charge in [0.2, 0.25) is 0 Å². The van der Waals surface area contributed by atoms with Gasteiger partial charge in [0.15, 0.2) is 0 Å². The van der Waals surface area contributed by atoms with Crippen molar-refractivity contribution in [2.75, 3.05) is 11.9 Å². The Morgan fingerprint density at radius 1 is 1.50 bits per heavy atom. The summed E-state index contributed by atoms with van der Waals surface area (Å²) >= 11 is 6.02. The van der Waals surface area contributed by atoms with Crippen molar-refractivity contribution in [1.29, 1.82) is 5.26 Å². The molecule has 2 aromatic rings. The minimum Gasteiger partial charge on any atom is -0.370 e. The number of aromatic nitrogens is 2. The smallest absolute Gasteiger partial charge is 0.101 e. The summed E-state index contributed by atoms with van der Waals surface area (Å²) in [6.45, 7) is 0.746. The summed E-state index contributed by atoms with van der Waals surface area (Å²) in [5.74, 6) is 0. The van der Waals surface area contributed by atoms with Gasteiger partial charge in [-0.25, -0.2) is 0 Å². The minimum atomic E-state index is 0.480. The zero-order valence-electron chi connectivity index (χ0n) is 10.3. The first-order valence-corrected chi connectivity index (χ1v) is 5.86. The molecular weight excluding hydrogens is 248 g/mol. The monoisotopic (exact) mass is 260 g/mol. The highest BCUT2D eigenvalue weighted by molar-refractivity contribution is 6.32. The molecule has 2 rings (SSSR count). The number of hydrogen-bond donors (Lipinski definition) is 0. The average Bonchev–Trinajstić information content (AvgIpc) is 2.74. The molecule has 92 valence electrons. The first-order valence-electron chi connectivity index (χ1n) is 5.48. The Hall–Kier alpha value is -1.99. The van der Waals surface area contributed by atoms with Gasteiger partial charge in [-0.2, -0.15) is 10.4 Å². The highest BCUT2D eigenvalue weighted by Crippen LogP contribution is 2.23. The van der Waals surface area contributed by atoms with Gasteiger partial charge >= 0.3 is 0 Å². The SMILES string of the molecule is CN(Cc1cnn(C)c1)c1ccc(C#N)c(Cl)c1. The lowest BCUT2D eigenvalue weighted by molar-refractivity contribution is 0.766. The molecule has 5 heteroatoms. The molecule has 0 saturated carbocycles. The summed E-state index contributed by atoms with van der Waals surface area (Å²) in [6, 6.07) is 7.48. The van der Waals surface area contributed by atoms with Gasteiger partial charge in [-0.05, 0) is 18.2 Å². The number of aryl methyl sites for hydroxylation is 1. The summed E-state index contributed by atoms with van der Waals surface area (Å²) < 4.78 is 1.77. The third kappa shape index (κ3) is 2.63. The molecule has 0 spiro atoms. The zero-order chi connectivity index (χ0) is 13.1. The van der Waals surface area contributed by atoms with Crippen LogP contribution in [0.25, 0.3) is 0 Å². The Morgan fingerprint density at radius 3 is 2.83 bits per heavy atom. The van der Waals surface area contributed by atoms with E-state index in [1.807, 2.05) is 32.6 Å². The van der Waals surface area contributed by atoms with Crippen LogP contribution in [0.4, 0.5) is 5.69 Å². The summed E-state index contributed by atoms with van der Waals surface area (Å²) in [5.41, 5.74) is 2.60. The molecule has 0 aliphatic heterocycles. The molecule has 1 aromatic heterocycles. The van der Waals surface area contributed by atoms with Gasteiger partial charge in [-0.1, -0.05) is 11.6 Å². The van der Waals surface area contributed by atoms with Gasteiger partial charge in [0.1, 0.15) is 6.07 Å². The van der Waals surface area contributed by atoms with E-state index in [2.05, 4.69) is 16.1 Å². The van der Waals surface area contributed by atoms with Crippen molar-refractivity contribution in [3.8, 4) is 6.07 Å². The van der Waals surface area contributed by atoms with Crippen molar-refractivity contribution in [2.45, 2.75) is 6.54 Å². The number of rotatable bonds is 3. The fourth-order valence-electron chi connectivity index (χ4n) is 1.75. The second kappa shape index (κ2) is 5.11. The van der Waals surface area contributed by atoms with Crippen LogP contribution in [0.2, 0.25) is 5.02 Å². The number of hydrogen-bond acceptors (Lipinski definition) is 3. The molecule has 4 nitrogen and oxygen atoms in total. The van der Waals surface area contributed by atoms with Crippen molar-refractivity contribution < 1.29 is 0 Å². The third-order valence-corrected chi connectivity index (χ3v) is 3.00. The third-order valence-electron chi connectivity index (χ3n) is 2.69. The summed E-state index contributed by atoms with van der Waals surface area (Å²) in [5, 5.41) is 13.4. The van der Waals surface area contributed by atoms with E-state index in [1.165, 1.54) is 0 Å². The van der Waals surface area contributed by atoms with E-state index in [1.54, 1.807) is 16.8 Å². The lowest BCUT2D eigenvalue weighted by Crippen LogP contribution is -2.15. The van der Waals surface area contributed by atoms with Crippen molar-refractivity contribution >= 4 is 17.3 Å². The fourth-order valence-corrected chi connectivity index (χ4v) is 1.97. The van der Waals surface area contributed by atoms with Gasteiger partial charge in [0.25, 0.3) is 0 Å². The maximum atomic E-state index is 8.83. The van der Waals surface area contributed by atoms with Crippen molar-refractivity contribution in [3.05, 3.63) is 46.7 Å². The summed E-state index contributed by atoms with van der Waals surface area (Å²) in [7, 11) is 3.87. The molecule has 0 saturated heterocycles. The van der Waals surface area contributed by atoms with E-state index in [0.717, 1.165) is 17.8 Å². The van der Waals surface area contributed by atoms with Crippen LogP contribution in [0.1, 0.15) is 11.1 Å². The number of nitrogens with zero attached hydrogens (tertiary/aromatic N) is 4. The molecule has 0 radical (unpaired) electrons. The molecule has 0 amide bonds. The van der Waals surface area contributed by atoms with Crippen LogP contribution < -0.4 is 4.90 Å². The molecule has 0 N–H and O–H groups in total. The second-order valence-electron chi connectivity index (χ2n) is 4.15. The number of benzene rings is 1. The molecule has 1 aromatic carbocycles. The molecule has 0 fully saturated rings.